The highest BCUT2D eigenvalue weighted by Gasteiger charge is 2.22. The number of furan rings is 2. The molecule has 0 unspecified atom stereocenters. The maximum Gasteiger partial charge on any atom is 0.143 e. The molecule has 2 heterocycles. The first-order valence-electron chi connectivity index (χ1n) is 19.9. The summed E-state index contributed by atoms with van der Waals surface area (Å²) in [6.45, 7) is 0. The molecule has 0 amide bonds. The number of hydrogen-bond donors (Lipinski definition) is 0. The zero-order valence-electron chi connectivity index (χ0n) is 31.3. The van der Waals surface area contributed by atoms with Gasteiger partial charge in [0.1, 0.15) is 22.3 Å². The van der Waals surface area contributed by atoms with Gasteiger partial charge in [-0.05, 0) is 113 Å². The molecule has 2 heteroatoms. The summed E-state index contributed by atoms with van der Waals surface area (Å²) in [4.78, 5) is 0. The van der Waals surface area contributed by atoms with Crippen molar-refractivity contribution in [2.24, 2.45) is 0 Å². The minimum absolute atomic E-state index is 0.896. The Morgan fingerprint density at radius 2 is 0.707 bits per heavy atom. The summed E-state index contributed by atoms with van der Waals surface area (Å²) in [5, 5.41) is 16.3. The number of hydrogen-bond acceptors (Lipinski definition) is 2. The fraction of sp³-hybridized carbons (Fsp3) is 0. The molecule has 0 fully saturated rings. The van der Waals surface area contributed by atoms with E-state index in [2.05, 4.69) is 194 Å². The molecule has 0 saturated heterocycles. The van der Waals surface area contributed by atoms with Crippen LogP contribution in [-0.4, -0.2) is 0 Å². The van der Waals surface area contributed by atoms with Gasteiger partial charge in [-0.15, -0.1) is 0 Å². The van der Waals surface area contributed by atoms with Crippen LogP contribution in [0.4, 0.5) is 0 Å². The van der Waals surface area contributed by atoms with Gasteiger partial charge in [-0.1, -0.05) is 158 Å². The molecule has 13 rings (SSSR count). The van der Waals surface area contributed by atoms with Crippen LogP contribution in [-0.2, 0) is 0 Å². The van der Waals surface area contributed by atoms with E-state index in [1.807, 2.05) is 0 Å². The maximum absolute atomic E-state index is 6.72. The van der Waals surface area contributed by atoms with E-state index < -0.39 is 0 Å². The number of rotatable bonds is 3. The standard InChI is InChI=1S/C56H32O2/c1-2-14-34-29-37(28-27-33(34)13-1)52-42-23-11-21-40(48-30-35-15-3-5-17-38(35)55-53(48)44-19-7-9-25-50(44)57-55)46(42)32-47-41(22-12-24-43(47)52)49-31-36-16-4-6-18-39(36)56-54(49)45-20-8-10-26-51(45)58-56/h1-32H. The van der Waals surface area contributed by atoms with Gasteiger partial charge in [0.05, 0.1) is 0 Å². The molecule has 0 bridgehead atoms. The molecule has 58 heavy (non-hydrogen) atoms. The molecule has 0 radical (unpaired) electrons. The fourth-order valence-corrected chi connectivity index (χ4v) is 9.84. The highest BCUT2D eigenvalue weighted by atomic mass is 16.3. The highest BCUT2D eigenvalue weighted by Crippen LogP contribution is 2.49. The average Bonchev–Trinajstić information content (AvgIpc) is 3.87. The highest BCUT2D eigenvalue weighted by molar-refractivity contribution is 6.27. The minimum atomic E-state index is 0.896. The van der Waals surface area contributed by atoms with Crippen LogP contribution < -0.4 is 0 Å². The molecular weight excluding hydrogens is 705 g/mol. The van der Waals surface area contributed by atoms with Crippen molar-refractivity contribution in [3.8, 4) is 33.4 Å². The van der Waals surface area contributed by atoms with Crippen molar-refractivity contribution in [1.29, 1.82) is 0 Å². The van der Waals surface area contributed by atoms with E-state index in [4.69, 9.17) is 8.83 Å². The third-order valence-electron chi connectivity index (χ3n) is 12.4. The van der Waals surface area contributed by atoms with Crippen LogP contribution in [0.5, 0.6) is 0 Å². The molecular formula is C56H32O2. The molecule has 268 valence electrons. The Balaban J connectivity index is 1.21. The molecule has 13 aromatic rings. The molecule has 0 atom stereocenters. The Labute approximate surface area is 332 Å². The monoisotopic (exact) mass is 736 g/mol. The molecule has 0 spiro atoms. The van der Waals surface area contributed by atoms with Gasteiger partial charge in [-0.2, -0.15) is 0 Å². The van der Waals surface area contributed by atoms with Crippen molar-refractivity contribution >= 4 is 97.7 Å². The van der Waals surface area contributed by atoms with Crippen molar-refractivity contribution < 1.29 is 8.83 Å². The lowest BCUT2D eigenvalue weighted by Crippen LogP contribution is -1.92. The molecule has 0 aliphatic carbocycles. The molecule has 0 aliphatic heterocycles. The lowest BCUT2D eigenvalue weighted by Gasteiger charge is -2.19. The minimum Gasteiger partial charge on any atom is -0.455 e. The SMILES string of the molecule is c1ccc2cc(-c3c4cccc(-c5cc6ccccc6c6oc7ccccc7c56)c4cc4c(-c5cc6ccccc6c6oc7ccccc7c56)cccc34)ccc2c1. The fourth-order valence-electron chi connectivity index (χ4n) is 9.84. The van der Waals surface area contributed by atoms with E-state index in [9.17, 15) is 0 Å². The van der Waals surface area contributed by atoms with Gasteiger partial charge in [0.2, 0.25) is 0 Å². The summed E-state index contributed by atoms with van der Waals surface area (Å²) in [6.07, 6.45) is 0. The van der Waals surface area contributed by atoms with Gasteiger partial charge < -0.3 is 8.83 Å². The zero-order chi connectivity index (χ0) is 37.9. The van der Waals surface area contributed by atoms with E-state index in [1.165, 1.54) is 65.7 Å². The quantitative estimate of drug-likeness (QED) is 0.169. The summed E-state index contributed by atoms with van der Waals surface area (Å²) in [6, 6.07) is 70.5. The summed E-state index contributed by atoms with van der Waals surface area (Å²) in [5.74, 6) is 0. The largest absolute Gasteiger partial charge is 0.455 e. The number of para-hydroxylation sites is 2. The van der Waals surface area contributed by atoms with Crippen LogP contribution >= 0.6 is 0 Å². The van der Waals surface area contributed by atoms with Crippen molar-refractivity contribution in [3.63, 3.8) is 0 Å². The Hall–Kier alpha value is -7.68. The summed E-state index contributed by atoms with van der Waals surface area (Å²) < 4.78 is 13.4. The zero-order valence-corrected chi connectivity index (χ0v) is 31.3. The number of fused-ring (bicyclic) bond motifs is 13. The van der Waals surface area contributed by atoms with Crippen molar-refractivity contribution in [1.82, 2.24) is 0 Å². The van der Waals surface area contributed by atoms with Crippen LogP contribution in [0.25, 0.3) is 131 Å². The lowest BCUT2D eigenvalue weighted by atomic mass is 9.84. The molecule has 2 aromatic heterocycles. The predicted octanol–water partition coefficient (Wildman–Crippen LogP) is 16.3. The molecule has 0 aliphatic rings. The second-order valence-electron chi connectivity index (χ2n) is 15.5. The van der Waals surface area contributed by atoms with E-state index in [0.717, 1.165) is 65.4 Å². The van der Waals surface area contributed by atoms with Gasteiger partial charge in [-0.25, -0.2) is 0 Å². The van der Waals surface area contributed by atoms with Crippen molar-refractivity contribution in [3.05, 3.63) is 194 Å². The van der Waals surface area contributed by atoms with E-state index in [0.29, 0.717) is 0 Å². The average molecular weight is 737 g/mol. The first-order valence-corrected chi connectivity index (χ1v) is 19.9. The molecule has 0 N–H and O–H groups in total. The predicted molar refractivity (Wildman–Crippen MR) is 245 cm³/mol. The van der Waals surface area contributed by atoms with Crippen molar-refractivity contribution in [2.45, 2.75) is 0 Å². The first-order chi connectivity index (χ1) is 28.8. The van der Waals surface area contributed by atoms with Crippen molar-refractivity contribution in [2.75, 3.05) is 0 Å². The summed E-state index contributed by atoms with van der Waals surface area (Å²) >= 11 is 0. The van der Waals surface area contributed by atoms with Gasteiger partial charge in [-0.3, -0.25) is 0 Å². The van der Waals surface area contributed by atoms with Crippen LogP contribution in [0.2, 0.25) is 0 Å². The van der Waals surface area contributed by atoms with Gasteiger partial charge >= 0.3 is 0 Å². The smallest absolute Gasteiger partial charge is 0.143 e. The summed E-state index contributed by atoms with van der Waals surface area (Å²) in [5.41, 5.74) is 10.7. The van der Waals surface area contributed by atoms with Gasteiger partial charge in [0, 0.05) is 32.3 Å². The molecule has 2 nitrogen and oxygen atoms in total. The van der Waals surface area contributed by atoms with Gasteiger partial charge in [0.15, 0.2) is 0 Å². The van der Waals surface area contributed by atoms with Gasteiger partial charge in [0.25, 0.3) is 0 Å². The Kier molecular flexibility index (Phi) is 6.47. The van der Waals surface area contributed by atoms with Crippen LogP contribution in [0.3, 0.4) is 0 Å². The van der Waals surface area contributed by atoms with Crippen LogP contribution in [0.15, 0.2) is 203 Å². The topological polar surface area (TPSA) is 26.3 Å². The third kappa shape index (κ3) is 4.43. The van der Waals surface area contributed by atoms with E-state index >= 15 is 0 Å². The van der Waals surface area contributed by atoms with E-state index in [-0.39, 0.29) is 0 Å². The second-order valence-corrected chi connectivity index (χ2v) is 15.5. The lowest BCUT2D eigenvalue weighted by molar-refractivity contribution is 0.672. The Morgan fingerprint density at radius 3 is 1.26 bits per heavy atom. The van der Waals surface area contributed by atoms with E-state index in [1.54, 1.807) is 0 Å². The van der Waals surface area contributed by atoms with Crippen LogP contribution in [0, 0.1) is 0 Å². The second kappa shape index (κ2) is 11.9. The normalized spacial score (nSPS) is 12.1. The molecule has 11 aromatic carbocycles. The third-order valence-corrected chi connectivity index (χ3v) is 12.4. The van der Waals surface area contributed by atoms with Crippen LogP contribution in [0.1, 0.15) is 0 Å². The maximum atomic E-state index is 6.72. The Morgan fingerprint density at radius 1 is 0.259 bits per heavy atom. The Bertz CT molecular complexity index is 3650. The molecule has 0 saturated carbocycles. The first kappa shape index (κ1) is 31.5. The number of benzene rings is 11. The summed E-state index contributed by atoms with van der Waals surface area (Å²) in [7, 11) is 0.